The molecule has 2 heterocycles. The van der Waals surface area contributed by atoms with E-state index in [0.29, 0.717) is 22.6 Å². The lowest BCUT2D eigenvalue weighted by atomic mass is 10.1. The zero-order valence-electron chi connectivity index (χ0n) is 18.3. The molecule has 1 aromatic heterocycles. The van der Waals surface area contributed by atoms with Crippen LogP contribution >= 0.6 is 11.8 Å². The van der Waals surface area contributed by atoms with Crippen molar-refractivity contribution in [2.45, 2.75) is 43.5 Å². The second-order valence-electron chi connectivity index (χ2n) is 7.61. The Morgan fingerprint density at radius 2 is 1.97 bits per heavy atom. The van der Waals surface area contributed by atoms with Gasteiger partial charge in [-0.25, -0.2) is 4.79 Å². The Morgan fingerprint density at radius 3 is 2.62 bits per heavy atom. The van der Waals surface area contributed by atoms with Crippen LogP contribution in [0.5, 0.6) is 0 Å². The Kier molecular flexibility index (Phi) is 7.24. The first kappa shape index (κ1) is 24.2. The van der Waals surface area contributed by atoms with Crippen molar-refractivity contribution in [2.75, 3.05) is 31.8 Å². The highest BCUT2D eigenvalue weighted by Crippen LogP contribution is 2.42. The molecule has 0 fully saturated rings. The molecule has 1 atom stereocenters. The van der Waals surface area contributed by atoms with Gasteiger partial charge in [-0.3, -0.25) is 4.79 Å². The molecule has 1 unspecified atom stereocenters. The van der Waals surface area contributed by atoms with E-state index < -0.39 is 23.6 Å². The van der Waals surface area contributed by atoms with Crippen LogP contribution in [0.4, 0.5) is 18.9 Å². The zero-order chi connectivity index (χ0) is 23.6. The third-order valence-corrected chi connectivity index (χ3v) is 6.52. The quantitative estimate of drug-likeness (QED) is 0.493. The number of esters is 1. The zero-order valence-corrected chi connectivity index (χ0v) is 19.1. The number of rotatable bonds is 5. The summed E-state index contributed by atoms with van der Waals surface area (Å²) in [5.41, 5.74) is 0.653. The molecule has 0 spiro atoms. The van der Waals surface area contributed by atoms with Crippen molar-refractivity contribution in [3.8, 4) is 0 Å². The minimum Gasteiger partial charge on any atom is -0.460 e. The summed E-state index contributed by atoms with van der Waals surface area (Å²) in [5, 5.41) is 0.126. The van der Waals surface area contributed by atoms with Gasteiger partial charge in [0.2, 0.25) is 0 Å². The maximum absolute atomic E-state index is 13.5. The van der Waals surface area contributed by atoms with Crippen LogP contribution in [0.3, 0.4) is 0 Å². The number of carbonyl (C=O) groups excluding carboxylic acids is 2. The van der Waals surface area contributed by atoms with E-state index in [1.807, 2.05) is 6.92 Å². The van der Waals surface area contributed by atoms with Gasteiger partial charge in [-0.1, -0.05) is 6.92 Å². The van der Waals surface area contributed by atoms with Gasteiger partial charge in [0.1, 0.15) is 12.3 Å². The molecular weight excluding hydrogens is 445 g/mol. The van der Waals surface area contributed by atoms with Crippen molar-refractivity contribution in [2.24, 2.45) is 0 Å². The fraction of sp³-hybridized carbons (Fsp3) is 0.455. The molecule has 0 saturated heterocycles. The number of alkyl halides is 3. The van der Waals surface area contributed by atoms with Crippen molar-refractivity contribution >= 4 is 29.3 Å². The van der Waals surface area contributed by atoms with Crippen molar-refractivity contribution in [1.82, 2.24) is 4.98 Å². The number of hydrogen-bond donors (Lipinski definition) is 1. The number of ether oxygens (including phenoxy) is 2. The van der Waals surface area contributed by atoms with Gasteiger partial charge in [0, 0.05) is 29.5 Å². The highest BCUT2D eigenvalue weighted by molar-refractivity contribution is 8.00. The Morgan fingerprint density at radius 1 is 1.25 bits per heavy atom. The number of H-pyrrole nitrogens is 1. The predicted molar refractivity (Wildman–Crippen MR) is 115 cm³/mol. The number of methoxy groups -OCH3 is 1. The maximum Gasteiger partial charge on any atom is 0.416 e. The van der Waals surface area contributed by atoms with E-state index in [9.17, 15) is 22.8 Å². The molecule has 0 saturated carbocycles. The average Bonchev–Trinajstić information content (AvgIpc) is 2.91. The topological polar surface area (TPSA) is 71.6 Å². The number of anilines is 1. The number of amides is 1. The summed E-state index contributed by atoms with van der Waals surface area (Å²) in [4.78, 5) is 30.9. The van der Waals surface area contributed by atoms with Gasteiger partial charge >= 0.3 is 12.1 Å². The van der Waals surface area contributed by atoms with Crippen molar-refractivity contribution in [1.29, 1.82) is 0 Å². The summed E-state index contributed by atoms with van der Waals surface area (Å²) in [6.45, 7) is 5.79. The number of carbonyl (C=O) groups is 2. The van der Waals surface area contributed by atoms with Gasteiger partial charge in [-0.2, -0.15) is 13.2 Å². The average molecular weight is 471 g/mol. The first-order valence-corrected chi connectivity index (χ1v) is 11.0. The SMILES string of the molecule is COCCOC(=O)c1c(C)[nH]c(C(=O)N2CCC(C)Sc3ccc(C(F)(F)F)cc32)c1C. The van der Waals surface area contributed by atoms with E-state index in [1.54, 1.807) is 13.8 Å². The van der Waals surface area contributed by atoms with E-state index in [4.69, 9.17) is 9.47 Å². The molecule has 10 heteroatoms. The van der Waals surface area contributed by atoms with Gasteiger partial charge in [0.15, 0.2) is 0 Å². The number of halogens is 3. The largest absolute Gasteiger partial charge is 0.460 e. The maximum atomic E-state index is 13.5. The summed E-state index contributed by atoms with van der Waals surface area (Å²) in [5.74, 6) is -1.08. The van der Waals surface area contributed by atoms with Crippen LogP contribution in [0.25, 0.3) is 0 Å². The van der Waals surface area contributed by atoms with E-state index in [-0.39, 0.29) is 42.0 Å². The second-order valence-corrected chi connectivity index (χ2v) is 9.09. The highest BCUT2D eigenvalue weighted by Gasteiger charge is 2.35. The molecule has 1 N–H and O–H groups in total. The van der Waals surface area contributed by atoms with Gasteiger partial charge in [-0.05, 0) is 44.0 Å². The van der Waals surface area contributed by atoms with Gasteiger partial charge in [0.25, 0.3) is 5.91 Å². The molecule has 1 aliphatic heterocycles. The molecule has 0 radical (unpaired) electrons. The number of fused-ring (bicyclic) bond motifs is 1. The third-order valence-electron chi connectivity index (χ3n) is 5.29. The lowest BCUT2D eigenvalue weighted by molar-refractivity contribution is -0.137. The molecule has 2 aromatic rings. The van der Waals surface area contributed by atoms with Crippen LogP contribution in [0.15, 0.2) is 23.1 Å². The first-order valence-electron chi connectivity index (χ1n) is 10.1. The number of nitrogens with zero attached hydrogens (tertiary/aromatic N) is 1. The first-order chi connectivity index (χ1) is 15.0. The third kappa shape index (κ3) is 4.96. The van der Waals surface area contributed by atoms with E-state index in [2.05, 4.69) is 4.98 Å². The number of aromatic amines is 1. The summed E-state index contributed by atoms with van der Waals surface area (Å²) in [7, 11) is 1.49. The number of hydrogen-bond acceptors (Lipinski definition) is 5. The summed E-state index contributed by atoms with van der Waals surface area (Å²) in [6.07, 6.45) is -3.92. The van der Waals surface area contributed by atoms with Gasteiger partial charge < -0.3 is 19.4 Å². The van der Waals surface area contributed by atoms with Gasteiger partial charge in [-0.15, -0.1) is 11.8 Å². The molecule has 1 aliphatic rings. The fourth-order valence-electron chi connectivity index (χ4n) is 3.62. The summed E-state index contributed by atoms with van der Waals surface area (Å²) in [6, 6.07) is 3.46. The van der Waals surface area contributed by atoms with Crippen LogP contribution < -0.4 is 4.90 Å². The van der Waals surface area contributed by atoms with Crippen LogP contribution in [0, 0.1) is 13.8 Å². The number of thioether (sulfide) groups is 1. The molecule has 32 heavy (non-hydrogen) atoms. The molecule has 0 bridgehead atoms. The van der Waals surface area contributed by atoms with Crippen LogP contribution in [-0.4, -0.2) is 49.0 Å². The molecular formula is C22H25F3N2O4S. The fourth-order valence-corrected chi connectivity index (χ4v) is 4.71. The molecule has 3 rings (SSSR count). The minimum absolute atomic E-state index is 0.0670. The van der Waals surface area contributed by atoms with Crippen molar-refractivity contribution < 1.29 is 32.2 Å². The Bertz CT molecular complexity index is 1020. The van der Waals surface area contributed by atoms with Crippen molar-refractivity contribution in [3.63, 3.8) is 0 Å². The minimum atomic E-state index is -4.52. The molecule has 0 aliphatic carbocycles. The van der Waals surface area contributed by atoms with Crippen molar-refractivity contribution in [3.05, 3.63) is 46.3 Å². The number of nitrogens with one attached hydrogen (secondary N) is 1. The molecule has 174 valence electrons. The molecule has 6 nitrogen and oxygen atoms in total. The summed E-state index contributed by atoms with van der Waals surface area (Å²) >= 11 is 1.44. The molecule has 1 amide bonds. The molecule has 1 aromatic carbocycles. The second kappa shape index (κ2) is 9.58. The smallest absolute Gasteiger partial charge is 0.416 e. The standard InChI is InChI=1S/C22H25F3N2O4S/c1-12-7-8-27(16-11-15(22(23,24)25)5-6-17(16)32-12)20(28)19-13(2)18(14(3)26-19)21(29)31-10-9-30-4/h5-6,11-12,26H,7-10H2,1-4H3. The Labute approximate surface area is 188 Å². The normalized spacial score (nSPS) is 16.5. The Balaban J connectivity index is 1.99. The number of benzene rings is 1. The number of aromatic nitrogens is 1. The van der Waals surface area contributed by atoms with Crippen LogP contribution in [0.2, 0.25) is 0 Å². The monoisotopic (exact) mass is 470 g/mol. The van der Waals surface area contributed by atoms with E-state index in [0.717, 1.165) is 12.1 Å². The predicted octanol–water partition coefficient (Wildman–Crippen LogP) is 4.98. The number of aryl methyl sites for hydroxylation is 1. The highest BCUT2D eigenvalue weighted by atomic mass is 32.2. The van der Waals surface area contributed by atoms with Crippen LogP contribution in [0.1, 0.15) is 51.0 Å². The van der Waals surface area contributed by atoms with Crippen LogP contribution in [-0.2, 0) is 15.7 Å². The van der Waals surface area contributed by atoms with Gasteiger partial charge in [0.05, 0.1) is 23.4 Å². The van der Waals surface area contributed by atoms with E-state index in [1.165, 1.54) is 29.8 Å². The summed E-state index contributed by atoms with van der Waals surface area (Å²) < 4.78 is 50.1. The van der Waals surface area contributed by atoms with E-state index >= 15 is 0 Å². The lowest BCUT2D eigenvalue weighted by Crippen LogP contribution is -2.33. The lowest BCUT2D eigenvalue weighted by Gasteiger charge is -2.23. The Hall–Kier alpha value is -2.46.